The summed E-state index contributed by atoms with van der Waals surface area (Å²) in [5.74, 6) is -3.81. The Kier molecular flexibility index (Phi) is 4.63. The Labute approximate surface area is 160 Å². The Morgan fingerprint density at radius 2 is 1.96 bits per heavy atom. The van der Waals surface area contributed by atoms with E-state index < -0.39 is 28.9 Å². The molecule has 2 N–H and O–H groups in total. The maximum Gasteiger partial charge on any atom is 0.219 e. The molecule has 0 unspecified atom stereocenters. The lowest BCUT2D eigenvalue weighted by Gasteiger charge is -2.45. The lowest BCUT2D eigenvalue weighted by atomic mass is 9.58. The number of benzene rings is 1. The number of nitriles is 3. The molecule has 0 aromatic heterocycles. The molecule has 1 amide bonds. The van der Waals surface area contributed by atoms with Gasteiger partial charge in [-0.15, -0.1) is 0 Å². The molecule has 28 heavy (non-hydrogen) atoms. The average molecular weight is 379 g/mol. The molecule has 0 saturated carbocycles. The normalized spacial score (nSPS) is 23.0. The van der Waals surface area contributed by atoms with Crippen molar-refractivity contribution in [3.63, 3.8) is 0 Å². The van der Waals surface area contributed by atoms with Crippen LogP contribution in [0.5, 0.6) is 0 Å². The Morgan fingerprint density at radius 1 is 1.29 bits per heavy atom. The summed E-state index contributed by atoms with van der Waals surface area (Å²) in [4.78, 5) is 13.4. The molecule has 2 aliphatic rings. The van der Waals surface area contributed by atoms with Gasteiger partial charge in [-0.2, -0.15) is 15.8 Å². The van der Waals surface area contributed by atoms with Gasteiger partial charge in [0.2, 0.25) is 5.91 Å². The largest absolute Gasteiger partial charge is 0.399 e. The minimum atomic E-state index is -2.04. The Morgan fingerprint density at radius 3 is 2.50 bits per heavy atom. The van der Waals surface area contributed by atoms with E-state index in [-0.39, 0.29) is 35.8 Å². The van der Waals surface area contributed by atoms with Gasteiger partial charge in [0.15, 0.2) is 5.41 Å². The zero-order chi connectivity index (χ0) is 20.6. The molecular weight excluding hydrogens is 364 g/mol. The molecule has 0 fully saturated rings. The van der Waals surface area contributed by atoms with Gasteiger partial charge in [-0.3, -0.25) is 4.79 Å². The number of carbonyl (C=O) groups is 1. The lowest BCUT2D eigenvalue weighted by molar-refractivity contribution is -0.129. The minimum absolute atomic E-state index is 0.00456. The summed E-state index contributed by atoms with van der Waals surface area (Å²) in [6.45, 7) is 1.67. The van der Waals surface area contributed by atoms with Crippen LogP contribution in [0.4, 0.5) is 8.78 Å². The van der Waals surface area contributed by atoms with E-state index in [1.54, 1.807) is 6.08 Å². The van der Waals surface area contributed by atoms with Crippen LogP contribution in [0, 0.1) is 57.0 Å². The fraction of sp³-hybridized carbons (Fsp3) is 0.300. The number of hydrogen-bond acceptors (Lipinski definition) is 5. The predicted molar refractivity (Wildman–Crippen MR) is 93.4 cm³/mol. The summed E-state index contributed by atoms with van der Waals surface area (Å²) in [6, 6.07) is 8.55. The minimum Gasteiger partial charge on any atom is -0.399 e. The molecule has 6 nitrogen and oxygen atoms in total. The zero-order valence-corrected chi connectivity index (χ0v) is 14.9. The van der Waals surface area contributed by atoms with Crippen molar-refractivity contribution >= 4 is 5.91 Å². The third-order valence-electron chi connectivity index (χ3n) is 5.41. The molecule has 140 valence electrons. The highest BCUT2D eigenvalue weighted by Gasteiger charge is 2.55. The van der Waals surface area contributed by atoms with E-state index in [0.717, 1.165) is 6.07 Å². The average Bonchev–Trinajstić information content (AvgIpc) is 2.67. The second-order valence-corrected chi connectivity index (χ2v) is 6.77. The highest BCUT2D eigenvalue weighted by atomic mass is 19.1. The first-order chi connectivity index (χ1) is 13.3. The number of nitrogens with zero attached hydrogens (tertiary/aromatic N) is 4. The van der Waals surface area contributed by atoms with E-state index in [0.29, 0.717) is 11.6 Å². The van der Waals surface area contributed by atoms with Crippen LogP contribution in [0.1, 0.15) is 18.4 Å². The number of nitrogens with two attached hydrogens (primary N) is 1. The molecule has 1 heterocycles. The predicted octanol–water partition coefficient (Wildman–Crippen LogP) is 2.24. The number of halogens is 2. The van der Waals surface area contributed by atoms with Crippen LogP contribution in [0.15, 0.2) is 41.1 Å². The van der Waals surface area contributed by atoms with Crippen molar-refractivity contribution < 1.29 is 13.6 Å². The first-order valence-electron chi connectivity index (χ1n) is 8.44. The van der Waals surface area contributed by atoms with Crippen LogP contribution in [0.25, 0.3) is 0 Å². The van der Waals surface area contributed by atoms with Crippen LogP contribution in [0.2, 0.25) is 0 Å². The van der Waals surface area contributed by atoms with Crippen molar-refractivity contribution in [2.45, 2.75) is 12.8 Å². The zero-order valence-electron chi connectivity index (χ0n) is 14.9. The standard InChI is InChI=1S/C20H15F2N5O/c1-11(28)27-5-4-13-15(7-23)19(26)20(9-24,10-25)18(16(13)8-27)14-3-2-12(21)6-17(14)22/h2-4,6,16,18H,5,8,26H2,1H3/t16-,18-/m0/s1. The molecule has 1 aliphatic heterocycles. The van der Waals surface area contributed by atoms with Crippen LogP contribution in [0.3, 0.4) is 0 Å². The summed E-state index contributed by atoms with van der Waals surface area (Å²) < 4.78 is 28.1. The summed E-state index contributed by atoms with van der Waals surface area (Å²) in [6.07, 6.45) is 1.63. The van der Waals surface area contributed by atoms with Gasteiger partial charge in [0.25, 0.3) is 0 Å². The molecule has 2 atom stereocenters. The van der Waals surface area contributed by atoms with Crippen LogP contribution >= 0.6 is 0 Å². The molecule has 8 heteroatoms. The van der Waals surface area contributed by atoms with Crippen LogP contribution in [-0.4, -0.2) is 23.9 Å². The maximum atomic E-state index is 14.7. The number of hydrogen-bond donors (Lipinski definition) is 1. The van der Waals surface area contributed by atoms with E-state index in [2.05, 4.69) is 0 Å². The summed E-state index contributed by atoms with van der Waals surface area (Å²) in [5.41, 5.74) is 4.20. The first-order valence-corrected chi connectivity index (χ1v) is 8.44. The van der Waals surface area contributed by atoms with Crippen LogP contribution in [-0.2, 0) is 4.79 Å². The van der Waals surface area contributed by atoms with E-state index in [1.807, 2.05) is 18.2 Å². The van der Waals surface area contributed by atoms with E-state index in [1.165, 1.54) is 17.9 Å². The van der Waals surface area contributed by atoms with Gasteiger partial charge in [0.1, 0.15) is 17.7 Å². The van der Waals surface area contributed by atoms with Gasteiger partial charge >= 0.3 is 0 Å². The van der Waals surface area contributed by atoms with Gasteiger partial charge in [0, 0.05) is 37.9 Å². The van der Waals surface area contributed by atoms with E-state index in [4.69, 9.17) is 5.73 Å². The summed E-state index contributed by atoms with van der Waals surface area (Å²) in [7, 11) is 0. The number of rotatable bonds is 1. The van der Waals surface area contributed by atoms with Crippen molar-refractivity contribution in [2.24, 2.45) is 17.1 Å². The molecule has 3 rings (SSSR count). The molecule has 0 radical (unpaired) electrons. The number of fused-ring (bicyclic) bond motifs is 1. The highest BCUT2D eigenvalue weighted by Crippen LogP contribution is 2.54. The van der Waals surface area contributed by atoms with E-state index in [9.17, 15) is 29.4 Å². The second-order valence-electron chi connectivity index (χ2n) is 6.77. The third kappa shape index (κ3) is 2.61. The van der Waals surface area contributed by atoms with Gasteiger partial charge in [-0.1, -0.05) is 12.1 Å². The summed E-state index contributed by atoms with van der Waals surface area (Å²) >= 11 is 0. The first kappa shape index (κ1) is 19.1. The molecule has 0 bridgehead atoms. The van der Waals surface area contributed by atoms with Crippen molar-refractivity contribution in [3.8, 4) is 18.2 Å². The van der Waals surface area contributed by atoms with Crippen molar-refractivity contribution in [1.29, 1.82) is 15.8 Å². The number of amides is 1. The molecule has 1 aromatic carbocycles. The SMILES string of the molecule is CC(=O)N1CC=C2C(C#N)=C(N)C(C#N)(C#N)[C@@H](c3ccc(F)cc3F)[C@H]2C1. The second kappa shape index (κ2) is 6.79. The topological polar surface area (TPSA) is 118 Å². The Balaban J connectivity index is 2.35. The van der Waals surface area contributed by atoms with Crippen molar-refractivity contribution in [1.82, 2.24) is 4.90 Å². The molecule has 1 aliphatic carbocycles. The third-order valence-corrected chi connectivity index (χ3v) is 5.41. The fourth-order valence-corrected chi connectivity index (χ4v) is 4.03. The number of carbonyl (C=O) groups excluding carboxylic acids is 1. The van der Waals surface area contributed by atoms with Gasteiger partial charge < -0.3 is 10.6 Å². The van der Waals surface area contributed by atoms with Gasteiger partial charge in [-0.05, 0) is 17.2 Å². The van der Waals surface area contributed by atoms with Crippen molar-refractivity contribution in [2.75, 3.05) is 13.1 Å². The van der Waals surface area contributed by atoms with Crippen molar-refractivity contribution in [3.05, 3.63) is 58.3 Å². The lowest BCUT2D eigenvalue weighted by Crippen LogP contribution is -2.49. The Bertz CT molecular complexity index is 1040. The smallest absolute Gasteiger partial charge is 0.219 e. The quantitative estimate of drug-likeness (QED) is 0.803. The molecule has 1 aromatic rings. The highest BCUT2D eigenvalue weighted by molar-refractivity contribution is 5.74. The molecular formula is C20H15F2N5O. The van der Waals surface area contributed by atoms with Gasteiger partial charge in [-0.25, -0.2) is 8.78 Å². The summed E-state index contributed by atoms with van der Waals surface area (Å²) in [5, 5.41) is 29.3. The fourth-order valence-electron chi connectivity index (χ4n) is 4.03. The Hall–Kier alpha value is -3.70. The van der Waals surface area contributed by atoms with E-state index >= 15 is 0 Å². The maximum absolute atomic E-state index is 14.7. The monoisotopic (exact) mass is 379 g/mol. The number of allylic oxidation sites excluding steroid dienone is 2. The molecule has 0 spiro atoms. The van der Waals surface area contributed by atoms with Gasteiger partial charge in [0.05, 0.1) is 23.4 Å². The molecule has 0 saturated heterocycles. The van der Waals surface area contributed by atoms with Crippen LogP contribution < -0.4 is 5.73 Å².